The number of hydrogen-bond acceptors (Lipinski definition) is 4. The second-order valence-electron chi connectivity index (χ2n) is 3.79. The second kappa shape index (κ2) is 6.24. The van der Waals surface area contributed by atoms with Crippen molar-refractivity contribution in [2.24, 2.45) is 0 Å². The van der Waals surface area contributed by atoms with Gasteiger partial charge in [-0.25, -0.2) is 5.10 Å². The van der Waals surface area contributed by atoms with Crippen LogP contribution >= 0.6 is 11.8 Å². The Morgan fingerprint density at radius 3 is 2.74 bits per heavy atom. The Morgan fingerprint density at radius 1 is 1.26 bits per heavy atom. The Morgan fingerprint density at radius 2 is 2.11 bits per heavy atom. The molecule has 1 aromatic carbocycles. The molecule has 0 aliphatic heterocycles. The van der Waals surface area contributed by atoms with Crippen molar-refractivity contribution in [3.05, 3.63) is 51.9 Å². The maximum atomic E-state index is 10.9. The smallest absolute Gasteiger partial charge is 0.264 e. The average Bonchev–Trinajstić information content (AvgIpc) is 2.46. The molecule has 0 radical (unpaired) electrons. The highest BCUT2D eigenvalue weighted by atomic mass is 32.2. The quantitative estimate of drug-likeness (QED) is 0.871. The lowest BCUT2D eigenvalue weighted by atomic mass is 10.2. The van der Waals surface area contributed by atoms with Gasteiger partial charge in [0.15, 0.2) is 0 Å². The molecule has 19 heavy (non-hydrogen) atoms. The Balaban J connectivity index is 2.30. The number of nitrogens with zero attached hydrogens (tertiary/aromatic N) is 1. The fourth-order valence-corrected chi connectivity index (χ4v) is 2.16. The van der Waals surface area contributed by atoms with Crippen molar-refractivity contribution < 1.29 is 4.74 Å². The van der Waals surface area contributed by atoms with Gasteiger partial charge in [-0.15, -0.1) is 11.8 Å². The third kappa shape index (κ3) is 3.48. The molecule has 0 amide bonds. The first-order chi connectivity index (χ1) is 9.22. The fraction of sp³-hybridized carbons (Fsp3) is 0.143. The van der Waals surface area contributed by atoms with Crippen LogP contribution in [0.1, 0.15) is 11.3 Å². The van der Waals surface area contributed by atoms with Crippen LogP contribution in [0.25, 0.3) is 12.2 Å². The molecule has 98 valence electrons. The van der Waals surface area contributed by atoms with E-state index in [2.05, 4.69) is 10.2 Å². The van der Waals surface area contributed by atoms with Crippen molar-refractivity contribution in [2.45, 2.75) is 4.90 Å². The van der Waals surface area contributed by atoms with Crippen molar-refractivity contribution in [2.75, 3.05) is 13.4 Å². The van der Waals surface area contributed by atoms with E-state index < -0.39 is 0 Å². The highest BCUT2D eigenvalue weighted by Gasteiger charge is 2.00. The van der Waals surface area contributed by atoms with Gasteiger partial charge >= 0.3 is 0 Å². The Labute approximate surface area is 115 Å². The molecule has 0 unspecified atom stereocenters. The van der Waals surface area contributed by atoms with E-state index in [4.69, 9.17) is 4.74 Å². The lowest BCUT2D eigenvalue weighted by Gasteiger charge is -2.05. The minimum Gasteiger partial charge on any atom is -0.497 e. The third-order valence-electron chi connectivity index (χ3n) is 2.57. The van der Waals surface area contributed by atoms with Gasteiger partial charge in [-0.3, -0.25) is 4.79 Å². The number of benzene rings is 1. The molecule has 0 spiro atoms. The van der Waals surface area contributed by atoms with E-state index >= 15 is 0 Å². The predicted octanol–water partition coefficient (Wildman–Crippen LogP) is 2.67. The fourth-order valence-electron chi connectivity index (χ4n) is 1.59. The van der Waals surface area contributed by atoms with E-state index in [1.54, 1.807) is 24.9 Å². The summed E-state index contributed by atoms with van der Waals surface area (Å²) >= 11 is 1.67. The van der Waals surface area contributed by atoms with Crippen LogP contribution < -0.4 is 10.3 Å². The zero-order valence-electron chi connectivity index (χ0n) is 10.7. The van der Waals surface area contributed by atoms with E-state index in [-0.39, 0.29) is 5.56 Å². The van der Waals surface area contributed by atoms with Crippen LogP contribution in [0.2, 0.25) is 0 Å². The number of nitrogens with one attached hydrogen (secondary N) is 1. The number of aromatic amines is 1. The van der Waals surface area contributed by atoms with Gasteiger partial charge in [-0.2, -0.15) is 5.10 Å². The zero-order chi connectivity index (χ0) is 13.7. The van der Waals surface area contributed by atoms with Crippen LogP contribution in [0.15, 0.2) is 40.0 Å². The van der Waals surface area contributed by atoms with Gasteiger partial charge in [0.25, 0.3) is 5.56 Å². The standard InChI is InChI=1S/C14H14N2O2S/c1-18-12-6-7-13(19-2)10(9-12)3-4-11-5-8-14(17)16-15-11/h3-9H,1-2H3,(H,16,17). The van der Waals surface area contributed by atoms with Crippen LogP contribution in [0.5, 0.6) is 5.75 Å². The van der Waals surface area contributed by atoms with Crippen molar-refractivity contribution in [1.82, 2.24) is 10.2 Å². The molecule has 0 atom stereocenters. The number of thioether (sulfide) groups is 1. The predicted molar refractivity (Wildman–Crippen MR) is 78.6 cm³/mol. The van der Waals surface area contributed by atoms with E-state index in [1.165, 1.54) is 6.07 Å². The summed E-state index contributed by atoms with van der Waals surface area (Å²) in [6.07, 6.45) is 5.83. The van der Waals surface area contributed by atoms with Gasteiger partial charge in [0.05, 0.1) is 12.8 Å². The van der Waals surface area contributed by atoms with Crippen molar-refractivity contribution in [1.29, 1.82) is 0 Å². The summed E-state index contributed by atoms with van der Waals surface area (Å²) in [5.74, 6) is 0.812. The number of ether oxygens (including phenoxy) is 1. The number of rotatable bonds is 4. The number of H-pyrrole nitrogens is 1. The van der Waals surface area contributed by atoms with Crippen molar-refractivity contribution >= 4 is 23.9 Å². The van der Waals surface area contributed by atoms with E-state index in [0.29, 0.717) is 5.69 Å². The van der Waals surface area contributed by atoms with Crippen LogP contribution in [-0.4, -0.2) is 23.6 Å². The maximum absolute atomic E-state index is 10.9. The van der Waals surface area contributed by atoms with E-state index in [1.807, 2.05) is 36.6 Å². The monoisotopic (exact) mass is 274 g/mol. The molecule has 1 N–H and O–H groups in total. The van der Waals surface area contributed by atoms with Crippen LogP contribution in [0.3, 0.4) is 0 Å². The minimum absolute atomic E-state index is 0.205. The first-order valence-electron chi connectivity index (χ1n) is 5.69. The van der Waals surface area contributed by atoms with Gasteiger partial charge in [-0.1, -0.05) is 6.08 Å². The number of aromatic nitrogens is 2. The average molecular weight is 274 g/mol. The molecule has 0 saturated carbocycles. The normalized spacial score (nSPS) is 10.8. The summed E-state index contributed by atoms with van der Waals surface area (Å²) in [4.78, 5) is 12.1. The van der Waals surface area contributed by atoms with Gasteiger partial charge in [0.2, 0.25) is 0 Å². The van der Waals surface area contributed by atoms with Crippen molar-refractivity contribution in [3.63, 3.8) is 0 Å². The summed E-state index contributed by atoms with van der Waals surface area (Å²) in [5.41, 5.74) is 1.55. The molecule has 1 heterocycles. The summed E-state index contributed by atoms with van der Waals surface area (Å²) in [6.45, 7) is 0. The molecule has 2 rings (SSSR count). The molecular weight excluding hydrogens is 260 g/mol. The van der Waals surface area contributed by atoms with E-state index in [9.17, 15) is 4.79 Å². The van der Waals surface area contributed by atoms with Crippen molar-refractivity contribution in [3.8, 4) is 5.75 Å². The highest BCUT2D eigenvalue weighted by molar-refractivity contribution is 7.98. The summed E-state index contributed by atoms with van der Waals surface area (Å²) in [7, 11) is 1.64. The number of hydrogen-bond donors (Lipinski definition) is 1. The van der Waals surface area contributed by atoms with Gasteiger partial charge in [-0.05, 0) is 42.2 Å². The summed E-state index contributed by atoms with van der Waals surface area (Å²) in [6, 6.07) is 9.04. The van der Waals surface area contributed by atoms with Crippen LogP contribution in [-0.2, 0) is 0 Å². The van der Waals surface area contributed by atoms with Crippen LogP contribution in [0.4, 0.5) is 0 Å². The molecule has 0 aliphatic rings. The Bertz CT molecular complexity index is 630. The number of methoxy groups -OCH3 is 1. The molecule has 0 bridgehead atoms. The highest BCUT2D eigenvalue weighted by Crippen LogP contribution is 2.26. The molecule has 2 aromatic rings. The van der Waals surface area contributed by atoms with E-state index in [0.717, 1.165) is 16.2 Å². The summed E-state index contributed by atoms with van der Waals surface area (Å²) < 4.78 is 5.22. The molecule has 0 aliphatic carbocycles. The molecule has 5 heteroatoms. The third-order valence-corrected chi connectivity index (χ3v) is 3.38. The summed E-state index contributed by atoms with van der Waals surface area (Å²) in [5, 5.41) is 6.33. The lowest BCUT2D eigenvalue weighted by Crippen LogP contribution is -2.05. The Kier molecular flexibility index (Phi) is 4.41. The minimum atomic E-state index is -0.205. The zero-order valence-corrected chi connectivity index (χ0v) is 11.5. The molecule has 0 saturated heterocycles. The molecule has 4 nitrogen and oxygen atoms in total. The largest absolute Gasteiger partial charge is 0.497 e. The molecular formula is C14H14N2O2S. The van der Waals surface area contributed by atoms with Gasteiger partial charge in [0.1, 0.15) is 5.75 Å². The van der Waals surface area contributed by atoms with Gasteiger partial charge in [0, 0.05) is 11.0 Å². The SMILES string of the molecule is COc1ccc(SC)c(C=Cc2ccc(=O)[nH]n2)c1. The Hall–Kier alpha value is -2.01. The lowest BCUT2D eigenvalue weighted by molar-refractivity contribution is 0.414. The maximum Gasteiger partial charge on any atom is 0.264 e. The first-order valence-corrected chi connectivity index (χ1v) is 6.91. The topological polar surface area (TPSA) is 55.0 Å². The van der Waals surface area contributed by atoms with Gasteiger partial charge < -0.3 is 4.74 Å². The molecule has 1 aromatic heterocycles. The first kappa shape index (κ1) is 13.4. The van der Waals surface area contributed by atoms with Crippen LogP contribution in [0, 0.1) is 0 Å². The molecule has 0 fully saturated rings. The second-order valence-corrected chi connectivity index (χ2v) is 4.64.